The highest BCUT2D eigenvalue weighted by atomic mass is 16.5. The van der Waals surface area contributed by atoms with Gasteiger partial charge in [0.25, 0.3) is 0 Å². The zero-order chi connectivity index (χ0) is 10.6. The Morgan fingerprint density at radius 1 is 1.43 bits per heavy atom. The van der Waals surface area contributed by atoms with Crippen molar-refractivity contribution in [3.05, 3.63) is 35.4 Å². The lowest BCUT2D eigenvalue weighted by Crippen LogP contribution is -2.14. The molecule has 0 heterocycles. The lowest BCUT2D eigenvalue weighted by Gasteiger charge is -2.09. The first kappa shape index (κ1) is 10.7. The Balaban J connectivity index is 2.79. The zero-order valence-electron chi connectivity index (χ0n) is 8.49. The summed E-state index contributed by atoms with van der Waals surface area (Å²) in [6.07, 6.45) is 0.149. The molecular formula is C11H15NO2. The molecule has 0 atom stereocenters. The van der Waals surface area contributed by atoms with Gasteiger partial charge in [-0.15, -0.1) is 0 Å². The average molecular weight is 193 g/mol. The number of ether oxygens (including phenoxy) is 1. The largest absolute Gasteiger partial charge is 0.374 e. The van der Waals surface area contributed by atoms with Crippen molar-refractivity contribution in [1.29, 1.82) is 0 Å². The fraction of sp³-hybridized carbons (Fsp3) is 0.364. The Morgan fingerprint density at radius 2 is 2.07 bits per heavy atom. The van der Waals surface area contributed by atoms with Crippen molar-refractivity contribution in [3.8, 4) is 0 Å². The Bertz CT molecular complexity index is 321. The van der Waals surface area contributed by atoms with Crippen molar-refractivity contribution in [1.82, 2.24) is 0 Å². The summed E-state index contributed by atoms with van der Waals surface area (Å²) in [6.45, 7) is 4.33. The van der Waals surface area contributed by atoms with E-state index in [0.29, 0.717) is 12.2 Å². The minimum Gasteiger partial charge on any atom is -0.374 e. The molecule has 0 bridgehead atoms. The van der Waals surface area contributed by atoms with Crippen LogP contribution in [-0.2, 0) is 11.3 Å². The van der Waals surface area contributed by atoms with Crippen LogP contribution in [0, 0.1) is 0 Å². The number of carbonyl (C=O) groups excluding carboxylic acids is 1. The highest BCUT2D eigenvalue weighted by molar-refractivity contribution is 5.94. The predicted octanol–water partition coefficient (Wildman–Crippen LogP) is 1.71. The molecule has 0 saturated carbocycles. The number of carbonyl (C=O) groups is 1. The van der Waals surface area contributed by atoms with E-state index in [4.69, 9.17) is 10.5 Å². The molecule has 1 aromatic carbocycles. The smallest absolute Gasteiger partial charge is 0.249 e. The van der Waals surface area contributed by atoms with Gasteiger partial charge < -0.3 is 10.5 Å². The highest BCUT2D eigenvalue weighted by Gasteiger charge is 2.07. The molecule has 3 nitrogen and oxygen atoms in total. The Labute approximate surface area is 83.9 Å². The van der Waals surface area contributed by atoms with Gasteiger partial charge in [0.2, 0.25) is 5.91 Å². The van der Waals surface area contributed by atoms with Crippen LogP contribution < -0.4 is 5.73 Å². The quantitative estimate of drug-likeness (QED) is 0.791. The number of hydrogen-bond acceptors (Lipinski definition) is 2. The second kappa shape index (κ2) is 4.77. The third kappa shape index (κ3) is 2.85. The summed E-state index contributed by atoms with van der Waals surface area (Å²) in [5.74, 6) is -0.409. The predicted molar refractivity (Wildman–Crippen MR) is 54.9 cm³/mol. The number of hydrogen-bond donors (Lipinski definition) is 1. The number of nitrogens with two attached hydrogens (primary N) is 1. The van der Waals surface area contributed by atoms with Crippen molar-refractivity contribution in [3.63, 3.8) is 0 Å². The maximum absolute atomic E-state index is 11.0. The molecule has 14 heavy (non-hydrogen) atoms. The van der Waals surface area contributed by atoms with Crippen LogP contribution in [0.4, 0.5) is 0 Å². The van der Waals surface area contributed by atoms with Crippen molar-refractivity contribution in [2.45, 2.75) is 26.6 Å². The SMILES string of the molecule is CC(C)OCc1ccccc1C(N)=O. The molecule has 1 aromatic rings. The number of rotatable bonds is 4. The first-order valence-electron chi connectivity index (χ1n) is 4.60. The molecule has 0 fully saturated rings. The lowest BCUT2D eigenvalue weighted by atomic mass is 10.1. The Hall–Kier alpha value is -1.35. The van der Waals surface area contributed by atoms with Gasteiger partial charge in [0, 0.05) is 5.56 Å². The minimum absolute atomic E-state index is 0.149. The minimum atomic E-state index is -0.409. The van der Waals surface area contributed by atoms with E-state index < -0.39 is 5.91 Å². The van der Waals surface area contributed by atoms with Crippen LogP contribution in [0.3, 0.4) is 0 Å². The van der Waals surface area contributed by atoms with E-state index in [1.54, 1.807) is 12.1 Å². The van der Waals surface area contributed by atoms with Crippen LogP contribution in [-0.4, -0.2) is 12.0 Å². The first-order chi connectivity index (χ1) is 6.61. The van der Waals surface area contributed by atoms with Gasteiger partial charge in [-0.1, -0.05) is 18.2 Å². The summed E-state index contributed by atoms with van der Waals surface area (Å²) in [5.41, 5.74) is 6.60. The highest BCUT2D eigenvalue weighted by Crippen LogP contribution is 2.10. The van der Waals surface area contributed by atoms with Gasteiger partial charge in [0.15, 0.2) is 0 Å². The molecular weight excluding hydrogens is 178 g/mol. The van der Waals surface area contributed by atoms with Crippen molar-refractivity contribution in [2.24, 2.45) is 5.73 Å². The second-order valence-electron chi connectivity index (χ2n) is 3.38. The Morgan fingerprint density at radius 3 is 2.64 bits per heavy atom. The summed E-state index contributed by atoms with van der Waals surface area (Å²) in [7, 11) is 0. The second-order valence-corrected chi connectivity index (χ2v) is 3.38. The molecule has 0 radical (unpaired) electrons. The normalized spacial score (nSPS) is 10.5. The maximum Gasteiger partial charge on any atom is 0.249 e. The van der Waals surface area contributed by atoms with Gasteiger partial charge in [0.05, 0.1) is 12.7 Å². The van der Waals surface area contributed by atoms with Crippen molar-refractivity contribution < 1.29 is 9.53 Å². The summed E-state index contributed by atoms with van der Waals surface area (Å²) in [5, 5.41) is 0. The maximum atomic E-state index is 11.0. The van der Waals surface area contributed by atoms with Crippen LogP contribution in [0.2, 0.25) is 0 Å². The number of primary amides is 1. The van der Waals surface area contributed by atoms with Gasteiger partial charge in [0.1, 0.15) is 0 Å². The molecule has 2 N–H and O–H groups in total. The molecule has 3 heteroatoms. The molecule has 0 unspecified atom stereocenters. The van der Waals surface area contributed by atoms with E-state index in [-0.39, 0.29) is 6.10 Å². The monoisotopic (exact) mass is 193 g/mol. The summed E-state index contributed by atoms with van der Waals surface area (Å²) in [4.78, 5) is 11.0. The third-order valence-electron chi connectivity index (χ3n) is 1.85. The fourth-order valence-electron chi connectivity index (χ4n) is 1.14. The topological polar surface area (TPSA) is 52.3 Å². The van der Waals surface area contributed by atoms with Gasteiger partial charge in [-0.05, 0) is 25.5 Å². The Kier molecular flexibility index (Phi) is 3.65. The van der Waals surface area contributed by atoms with Crippen LogP contribution in [0.1, 0.15) is 29.8 Å². The molecule has 0 aromatic heterocycles. The molecule has 0 aliphatic heterocycles. The number of benzene rings is 1. The molecule has 0 spiro atoms. The molecule has 1 rings (SSSR count). The standard InChI is InChI=1S/C11H15NO2/c1-8(2)14-7-9-5-3-4-6-10(9)11(12)13/h3-6,8H,7H2,1-2H3,(H2,12,13). The average Bonchev–Trinajstić information content (AvgIpc) is 2.15. The van der Waals surface area contributed by atoms with Gasteiger partial charge in [-0.3, -0.25) is 4.79 Å². The summed E-state index contributed by atoms with van der Waals surface area (Å²) < 4.78 is 5.41. The van der Waals surface area contributed by atoms with Gasteiger partial charge >= 0.3 is 0 Å². The van der Waals surface area contributed by atoms with E-state index >= 15 is 0 Å². The third-order valence-corrected chi connectivity index (χ3v) is 1.85. The molecule has 0 aliphatic rings. The number of amides is 1. The molecule has 0 aliphatic carbocycles. The molecule has 0 saturated heterocycles. The first-order valence-corrected chi connectivity index (χ1v) is 4.60. The van der Waals surface area contributed by atoms with Crippen LogP contribution in [0.15, 0.2) is 24.3 Å². The van der Waals surface area contributed by atoms with Gasteiger partial charge in [-0.25, -0.2) is 0 Å². The van der Waals surface area contributed by atoms with Crippen molar-refractivity contribution >= 4 is 5.91 Å². The van der Waals surface area contributed by atoms with Crippen LogP contribution in [0.25, 0.3) is 0 Å². The molecule has 1 amide bonds. The fourth-order valence-corrected chi connectivity index (χ4v) is 1.14. The zero-order valence-corrected chi connectivity index (χ0v) is 8.49. The van der Waals surface area contributed by atoms with E-state index in [1.807, 2.05) is 26.0 Å². The van der Waals surface area contributed by atoms with E-state index in [1.165, 1.54) is 0 Å². The van der Waals surface area contributed by atoms with Crippen LogP contribution >= 0.6 is 0 Å². The van der Waals surface area contributed by atoms with Gasteiger partial charge in [-0.2, -0.15) is 0 Å². The van der Waals surface area contributed by atoms with Crippen LogP contribution in [0.5, 0.6) is 0 Å². The van der Waals surface area contributed by atoms with E-state index in [0.717, 1.165) is 5.56 Å². The molecule has 76 valence electrons. The van der Waals surface area contributed by atoms with Crippen molar-refractivity contribution in [2.75, 3.05) is 0 Å². The summed E-state index contributed by atoms with van der Waals surface area (Å²) in [6, 6.07) is 7.22. The van der Waals surface area contributed by atoms with E-state index in [9.17, 15) is 4.79 Å². The van der Waals surface area contributed by atoms with E-state index in [2.05, 4.69) is 0 Å². The lowest BCUT2D eigenvalue weighted by molar-refractivity contribution is 0.0647. The summed E-state index contributed by atoms with van der Waals surface area (Å²) >= 11 is 0.